The lowest BCUT2D eigenvalue weighted by atomic mass is 10.0. The molecule has 3 aromatic rings. The van der Waals surface area contributed by atoms with Crippen LogP contribution in [0.25, 0.3) is 11.3 Å². The Balaban J connectivity index is 1.31. The Morgan fingerprint density at radius 2 is 1.90 bits per heavy atom. The number of likely N-dealkylation sites (tertiary alicyclic amines) is 1. The first-order valence-electron chi connectivity index (χ1n) is 12.5. The number of benzene rings is 2. The zero-order valence-corrected chi connectivity index (χ0v) is 21.2. The van der Waals surface area contributed by atoms with Gasteiger partial charge in [0.25, 0.3) is 17.7 Å². The van der Waals surface area contributed by atoms with E-state index in [9.17, 15) is 23.2 Å². The van der Waals surface area contributed by atoms with Crippen molar-refractivity contribution >= 4 is 23.5 Å². The second-order valence-corrected chi connectivity index (χ2v) is 9.80. The number of ether oxygens (including phenoxy) is 1. The monoisotopic (exact) mass is 538 g/mol. The van der Waals surface area contributed by atoms with Crippen molar-refractivity contribution in [2.24, 2.45) is 5.73 Å². The first-order valence-corrected chi connectivity index (χ1v) is 12.5. The second-order valence-electron chi connectivity index (χ2n) is 9.80. The van der Waals surface area contributed by atoms with Crippen LogP contribution in [0.2, 0.25) is 0 Å². The van der Waals surface area contributed by atoms with E-state index < -0.39 is 29.2 Å². The fourth-order valence-electron chi connectivity index (χ4n) is 4.82. The lowest BCUT2D eigenvalue weighted by Gasteiger charge is -2.19. The van der Waals surface area contributed by atoms with E-state index in [1.165, 1.54) is 28.8 Å². The van der Waals surface area contributed by atoms with Crippen molar-refractivity contribution in [3.63, 3.8) is 0 Å². The van der Waals surface area contributed by atoms with E-state index in [2.05, 4.69) is 10.4 Å². The number of aromatic nitrogens is 2. The van der Waals surface area contributed by atoms with Crippen LogP contribution in [0.3, 0.4) is 0 Å². The molecule has 1 saturated carbocycles. The Hall–Kier alpha value is -4.48. The average molecular weight is 539 g/mol. The van der Waals surface area contributed by atoms with E-state index in [0.29, 0.717) is 18.5 Å². The molecule has 2 fully saturated rings. The maximum absolute atomic E-state index is 14.3. The molecule has 39 heavy (non-hydrogen) atoms. The fourth-order valence-corrected chi connectivity index (χ4v) is 4.82. The van der Waals surface area contributed by atoms with Crippen LogP contribution in [-0.4, -0.2) is 58.3 Å². The number of carbonyl (C=O) groups excluding carboxylic acids is 3. The second kappa shape index (κ2) is 10.0. The minimum absolute atomic E-state index is 0.0585. The van der Waals surface area contributed by atoms with Crippen LogP contribution < -0.4 is 21.5 Å². The zero-order chi connectivity index (χ0) is 27.9. The molecule has 204 valence electrons. The summed E-state index contributed by atoms with van der Waals surface area (Å²) in [5, 5.41) is 7.29. The molecule has 1 atom stereocenters. The highest BCUT2D eigenvalue weighted by Crippen LogP contribution is 2.43. The van der Waals surface area contributed by atoms with Gasteiger partial charge in [-0.1, -0.05) is 24.3 Å². The summed E-state index contributed by atoms with van der Waals surface area (Å²) in [7, 11) is 1.40. The number of amides is 3. The van der Waals surface area contributed by atoms with Gasteiger partial charge in [0.1, 0.15) is 28.6 Å². The van der Waals surface area contributed by atoms with Crippen LogP contribution in [0.15, 0.2) is 42.5 Å². The van der Waals surface area contributed by atoms with E-state index in [-0.39, 0.29) is 60.4 Å². The van der Waals surface area contributed by atoms with Gasteiger partial charge in [0.05, 0.1) is 18.7 Å². The van der Waals surface area contributed by atoms with Crippen LogP contribution in [0.5, 0.6) is 5.75 Å². The first kappa shape index (κ1) is 26.1. The molecule has 12 heteroatoms. The summed E-state index contributed by atoms with van der Waals surface area (Å²) in [5.41, 5.74) is 11.9. The van der Waals surface area contributed by atoms with Gasteiger partial charge in [-0.15, -0.1) is 0 Å². The highest BCUT2D eigenvalue weighted by Gasteiger charge is 2.53. The van der Waals surface area contributed by atoms with E-state index in [1.54, 1.807) is 24.3 Å². The van der Waals surface area contributed by atoms with Gasteiger partial charge in [-0.2, -0.15) is 5.10 Å². The van der Waals surface area contributed by atoms with Crippen LogP contribution >= 0.6 is 0 Å². The third-order valence-corrected chi connectivity index (χ3v) is 7.15. The Kier molecular flexibility index (Phi) is 6.71. The SMILES string of the molecule is COc1ccc(F)cc1C(=O)NCc1ccc(-c2nn(C3CCN(C(=O)C4(F)CC4)C3)c(N)c2C(N)=O)cc1. The lowest BCUT2D eigenvalue weighted by Crippen LogP contribution is -2.37. The van der Waals surface area contributed by atoms with Crippen molar-refractivity contribution < 1.29 is 27.9 Å². The summed E-state index contributed by atoms with van der Waals surface area (Å²) in [6.07, 6.45) is 0.997. The largest absolute Gasteiger partial charge is 0.496 e. The zero-order valence-electron chi connectivity index (χ0n) is 21.2. The van der Waals surface area contributed by atoms with Gasteiger partial charge in [0, 0.05) is 25.2 Å². The molecule has 1 aliphatic heterocycles. The Morgan fingerprint density at radius 3 is 2.54 bits per heavy atom. The van der Waals surface area contributed by atoms with Crippen molar-refractivity contribution in [1.29, 1.82) is 0 Å². The Morgan fingerprint density at radius 1 is 1.18 bits per heavy atom. The number of rotatable bonds is 8. The van der Waals surface area contributed by atoms with E-state index in [1.807, 2.05) is 0 Å². The van der Waals surface area contributed by atoms with Crippen molar-refractivity contribution in [3.05, 3.63) is 65.0 Å². The van der Waals surface area contributed by atoms with Gasteiger partial charge in [0.2, 0.25) is 0 Å². The van der Waals surface area contributed by atoms with Crippen LogP contribution in [0.4, 0.5) is 14.6 Å². The van der Waals surface area contributed by atoms with Crippen molar-refractivity contribution in [1.82, 2.24) is 20.0 Å². The number of methoxy groups -OCH3 is 1. The molecule has 1 aromatic heterocycles. The topological polar surface area (TPSA) is 146 Å². The smallest absolute Gasteiger partial charge is 0.260 e. The van der Waals surface area contributed by atoms with Gasteiger partial charge >= 0.3 is 0 Å². The summed E-state index contributed by atoms with van der Waals surface area (Å²) >= 11 is 0. The Labute approximate surface area is 222 Å². The minimum atomic E-state index is -1.75. The number of primary amides is 1. The number of nitrogens with zero attached hydrogens (tertiary/aromatic N) is 3. The number of halogens is 2. The maximum Gasteiger partial charge on any atom is 0.260 e. The molecule has 3 amide bonds. The standard InChI is InChI=1S/C27H28F2N6O4/c1-39-20-7-6-17(28)12-19(20)25(37)32-13-15-2-4-16(5-3-15)22-21(24(31)36)23(30)35(33-22)18-8-11-34(14-18)26(38)27(29)9-10-27/h2-7,12,18H,8-11,13-14,30H2,1H3,(H2,31,36)(H,32,37). The molecule has 0 bridgehead atoms. The number of nitrogen functional groups attached to an aromatic ring is 1. The van der Waals surface area contributed by atoms with Crippen molar-refractivity contribution in [2.45, 2.75) is 37.5 Å². The molecule has 2 aliphatic rings. The third kappa shape index (κ3) is 5.01. The number of hydrogen-bond acceptors (Lipinski definition) is 6. The molecule has 2 aromatic carbocycles. The maximum atomic E-state index is 14.3. The number of anilines is 1. The molecule has 1 unspecified atom stereocenters. The highest BCUT2D eigenvalue weighted by molar-refractivity contribution is 6.03. The molecule has 0 spiro atoms. The number of alkyl halides is 1. The molecular weight excluding hydrogens is 510 g/mol. The van der Waals surface area contributed by atoms with Crippen LogP contribution in [0, 0.1) is 5.82 Å². The fraction of sp³-hybridized carbons (Fsp3) is 0.333. The molecule has 5 rings (SSSR count). The summed E-state index contributed by atoms with van der Waals surface area (Å²) in [4.78, 5) is 38.8. The lowest BCUT2D eigenvalue weighted by molar-refractivity contribution is -0.137. The molecular formula is C27H28F2N6O4. The average Bonchev–Trinajstić information content (AvgIpc) is 3.33. The highest BCUT2D eigenvalue weighted by atomic mass is 19.1. The first-order chi connectivity index (χ1) is 18.6. The van der Waals surface area contributed by atoms with Crippen LogP contribution in [0.1, 0.15) is 51.6 Å². The summed E-state index contributed by atoms with van der Waals surface area (Å²) in [6, 6.07) is 10.3. The molecule has 5 N–H and O–H groups in total. The van der Waals surface area contributed by atoms with E-state index in [0.717, 1.165) is 11.6 Å². The quantitative estimate of drug-likeness (QED) is 0.402. The third-order valence-electron chi connectivity index (χ3n) is 7.15. The summed E-state index contributed by atoms with van der Waals surface area (Å²) in [6.45, 7) is 0.764. The predicted octanol–water partition coefficient (Wildman–Crippen LogP) is 2.58. The van der Waals surface area contributed by atoms with Gasteiger partial charge in [-0.25, -0.2) is 13.5 Å². The molecule has 1 saturated heterocycles. The predicted molar refractivity (Wildman–Crippen MR) is 138 cm³/mol. The molecule has 10 nitrogen and oxygen atoms in total. The normalized spacial score (nSPS) is 17.6. The number of hydrogen-bond donors (Lipinski definition) is 3. The van der Waals surface area contributed by atoms with Crippen molar-refractivity contribution in [3.8, 4) is 17.0 Å². The van der Waals surface area contributed by atoms with Crippen molar-refractivity contribution in [2.75, 3.05) is 25.9 Å². The van der Waals surface area contributed by atoms with E-state index >= 15 is 0 Å². The van der Waals surface area contributed by atoms with Gasteiger partial charge < -0.3 is 26.4 Å². The molecule has 0 radical (unpaired) electrons. The minimum Gasteiger partial charge on any atom is -0.496 e. The Bertz CT molecular complexity index is 1450. The summed E-state index contributed by atoms with van der Waals surface area (Å²) < 4.78 is 34.5. The van der Waals surface area contributed by atoms with Gasteiger partial charge in [-0.3, -0.25) is 14.4 Å². The number of nitrogens with two attached hydrogens (primary N) is 2. The van der Waals surface area contributed by atoms with E-state index in [4.69, 9.17) is 16.2 Å². The number of carbonyl (C=O) groups is 3. The van der Waals surface area contributed by atoms with Gasteiger partial charge in [0.15, 0.2) is 5.67 Å². The van der Waals surface area contributed by atoms with Gasteiger partial charge in [-0.05, 0) is 43.0 Å². The number of nitrogens with one attached hydrogen (secondary N) is 1. The van der Waals surface area contributed by atoms with Crippen LogP contribution in [-0.2, 0) is 11.3 Å². The molecule has 2 heterocycles. The molecule has 1 aliphatic carbocycles. The summed E-state index contributed by atoms with van der Waals surface area (Å²) in [5.74, 6) is -1.98.